The highest BCUT2D eigenvalue weighted by Gasteiger charge is 2.27. The van der Waals surface area contributed by atoms with Crippen LogP contribution in [0.2, 0.25) is 0 Å². The Bertz CT molecular complexity index is 617. The zero-order valence-electron chi connectivity index (χ0n) is 15.9. The molecule has 0 aromatic heterocycles. The van der Waals surface area contributed by atoms with Gasteiger partial charge in [0.15, 0.2) is 0 Å². The second-order valence-corrected chi connectivity index (χ2v) is 6.47. The Kier molecular flexibility index (Phi) is 8.53. The van der Waals surface area contributed by atoms with Gasteiger partial charge in [-0.1, -0.05) is 45.3 Å². The van der Waals surface area contributed by atoms with Gasteiger partial charge >= 0.3 is 5.97 Å². The molecule has 4 nitrogen and oxygen atoms in total. The van der Waals surface area contributed by atoms with Crippen LogP contribution in [0.1, 0.15) is 93.6 Å². The van der Waals surface area contributed by atoms with Crippen LogP contribution in [0.15, 0.2) is 17.7 Å². The highest BCUT2D eigenvalue weighted by Crippen LogP contribution is 2.43. The third kappa shape index (κ3) is 5.25. The minimum Gasteiger partial charge on any atom is -0.507 e. The molecule has 2 rings (SSSR count). The summed E-state index contributed by atoms with van der Waals surface area (Å²) in [6.07, 6.45) is 8.25. The van der Waals surface area contributed by atoms with E-state index >= 15 is 0 Å². The van der Waals surface area contributed by atoms with Gasteiger partial charge < -0.3 is 15.3 Å². The number of aromatic carboxylic acids is 1. The van der Waals surface area contributed by atoms with Gasteiger partial charge in [-0.05, 0) is 50.7 Å². The lowest BCUT2D eigenvalue weighted by Crippen LogP contribution is -2.09. The van der Waals surface area contributed by atoms with Crippen LogP contribution in [0, 0.1) is 0 Å². The first kappa shape index (κ1) is 21.1. The average molecular weight is 348 g/mol. The van der Waals surface area contributed by atoms with Crippen molar-refractivity contribution in [1.29, 1.82) is 0 Å². The Hall–Kier alpha value is -1.97. The number of phenolic OH excluding ortho intramolecular Hbond substituents is 1. The van der Waals surface area contributed by atoms with E-state index in [1.54, 1.807) is 0 Å². The molecule has 1 aromatic carbocycles. The lowest BCUT2D eigenvalue weighted by Gasteiger charge is -2.23. The highest BCUT2D eigenvalue weighted by molar-refractivity contribution is 5.94. The van der Waals surface area contributed by atoms with Gasteiger partial charge in [-0.15, -0.1) is 0 Å². The van der Waals surface area contributed by atoms with E-state index in [2.05, 4.69) is 6.92 Å². The summed E-state index contributed by atoms with van der Waals surface area (Å²) >= 11 is 0. The molecule has 4 heteroatoms. The number of aromatic hydroxyl groups is 2. The monoisotopic (exact) mass is 348 g/mol. The number of hydrogen-bond donors (Lipinski definition) is 3. The quantitative estimate of drug-likeness (QED) is 0.450. The molecule has 0 amide bonds. The third-order valence-corrected chi connectivity index (χ3v) is 4.61. The fourth-order valence-corrected chi connectivity index (χ4v) is 3.43. The second-order valence-electron chi connectivity index (χ2n) is 6.47. The summed E-state index contributed by atoms with van der Waals surface area (Å²) < 4.78 is 0. The van der Waals surface area contributed by atoms with Gasteiger partial charge in [0.2, 0.25) is 0 Å². The molecule has 0 radical (unpaired) electrons. The van der Waals surface area contributed by atoms with Crippen molar-refractivity contribution >= 4 is 5.97 Å². The summed E-state index contributed by atoms with van der Waals surface area (Å²) in [5.41, 5.74) is 2.04. The Balaban J connectivity index is 0.00000151. The number of unbranched alkanes of at least 4 members (excludes halogenated alkanes) is 2. The van der Waals surface area contributed by atoms with E-state index in [9.17, 15) is 20.1 Å². The van der Waals surface area contributed by atoms with Crippen molar-refractivity contribution < 1.29 is 20.1 Å². The van der Waals surface area contributed by atoms with Crippen LogP contribution in [0.4, 0.5) is 0 Å². The standard InChI is InChI=1S/C19H26O4.C2H6/c1-3-4-5-8-14-11-15(20)16(18(21)17(14)19(22)23)13-9-6-7-12(2)10-13;1-2/h10-11,13,20-21H,3-9H2,1-2H3,(H,22,23);1-2H3. The van der Waals surface area contributed by atoms with E-state index in [1.807, 2.05) is 26.8 Å². The van der Waals surface area contributed by atoms with Crippen molar-refractivity contribution in [2.24, 2.45) is 0 Å². The van der Waals surface area contributed by atoms with Crippen LogP contribution in [-0.4, -0.2) is 21.3 Å². The molecule has 25 heavy (non-hydrogen) atoms. The molecule has 1 aliphatic rings. The van der Waals surface area contributed by atoms with Crippen LogP contribution in [0.5, 0.6) is 11.5 Å². The van der Waals surface area contributed by atoms with Crippen LogP contribution in [-0.2, 0) is 6.42 Å². The van der Waals surface area contributed by atoms with Crippen molar-refractivity contribution in [2.45, 2.75) is 78.6 Å². The SMILES string of the molecule is CC.CCCCCc1cc(O)c(C2C=C(C)CCC2)c(O)c1C(=O)O. The van der Waals surface area contributed by atoms with Gasteiger partial charge in [0.25, 0.3) is 0 Å². The molecule has 0 heterocycles. The predicted molar refractivity (Wildman–Crippen MR) is 102 cm³/mol. The van der Waals surface area contributed by atoms with Crippen molar-refractivity contribution in [3.8, 4) is 11.5 Å². The number of allylic oxidation sites excluding steroid dienone is 2. The molecule has 1 atom stereocenters. The van der Waals surface area contributed by atoms with E-state index in [4.69, 9.17) is 0 Å². The Morgan fingerprint density at radius 3 is 2.48 bits per heavy atom. The number of carboxylic acids is 1. The number of phenols is 2. The van der Waals surface area contributed by atoms with E-state index in [-0.39, 0.29) is 23.0 Å². The van der Waals surface area contributed by atoms with Gasteiger partial charge in [0.05, 0.1) is 0 Å². The molecule has 3 N–H and O–H groups in total. The van der Waals surface area contributed by atoms with Crippen LogP contribution >= 0.6 is 0 Å². The van der Waals surface area contributed by atoms with Crippen LogP contribution in [0.25, 0.3) is 0 Å². The van der Waals surface area contributed by atoms with Gasteiger partial charge in [-0.2, -0.15) is 0 Å². The zero-order valence-corrected chi connectivity index (χ0v) is 15.9. The number of carbonyl (C=O) groups is 1. The number of hydrogen-bond acceptors (Lipinski definition) is 3. The first-order valence-corrected chi connectivity index (χ1v) is 9.44. The molecule has 0 spiro atoms. The van der Waals surface area contributed by atoms with Crippen LogP contribution in [0.3, 0.4) is 0 Å². The number of benzene rings is 1. The van der Waals surface area contributed by atoms with Gasteiger partial charge in [0, 0.05) is 11.5 Å². The Morgan fingerprint density at radius 2 is 1.92 bits per heavy atom. The molecular formula is C21H32O4. The number of aryl methyl sites for hydroxylation is 1. The molecule has 0 fully saturated rings. The molecule has 0 aliphatic heterocycles. The molecule has 0 saturated carbocycles. The summed E-state index contributed by atoms with van der Waals surface area (Å²) in [7, 11) is 0. The third-order valence-electron chi connectivity index (χ3n) is 4.61. The molecular weight excluding hydrogens is 316 g/mol. The largest absolute Gasteiger partial charge is 0.507 e. The van der Waals surface area contributed by atoms with Crippen molar-refractivity contribution in [2.75, 3.05) is 0 Å². The maximum Gasteiger partial charge on any atom is 0.339 e. The maximum absolute atomic E-state index is 11.6. The molecule has 140 valence electrons. The first-order chi connectivity index (χ1) is 12.0. The molecule has 0 bridgehead atoms. The number of rotatable bonds is 6. The summed E-state index contributed by atoms with van der Waals surface area (Å²) in [6.45, 7) is 8.10. The molecule has 1 aromatic rings. The Labute approximate surface area is 151 Å². The summed E-state index contributed by atoms with van der Waals surface area (Å²) in [4.78, 5) is 11.6. The highest BCUT2D eigenvalue weighted by atomic mass is 16.4. The minimum absolute atomic E-state index is 0.00921. The maximum atomic E-state index is 11.6. The fourth-order valence-electron chi connectivity index (χ4n) is 3.43. The second kappa shape index (κ2) is 10.1. The van der Waals surface area contributed by atoms with E-state index in [0.717, 1.165) is 38.5 Å². The van der Waals surface area contributed by atoms with Gasteiger partial charge in [-0.25, -0.2) is 4.79 Å². The summed E-state index contributed by atoms with van der Waals surface area (Å²) in [5, 5.41) is 30.4. The van der Waals surface area contributed by atoms with Gasteiger partial charge in [-0.3, -0.25) is 0 Å². The normalized spacial score (nSPS) is 16.6. The smallest absolute Gasteiger partial charge is 0.339 e. The molecule has 1 unspecified atom stereocenters. The van der Waals surface area contributed by atoms with E-state index in [0.29, 0.717) is 17.5 Å². The lowest BCUT2D eigenvalue weighted by molar-refractivity contribution is 0.0692. The van der Waals surface area contributed by atoms with Crippen molar-refractivity contribution in [3.63, 3.8) is 0 Å². The molecule has 0 saturated heterocycles. The Morgan fingerprint density at radius 1 is 1.24 bits per heavy atom. The topological polar surface area (TPSA) is 77.8 Å². The predicted octanol–water partition coefficient (Wildman–Crippen LogP) is 5.77. The van der Waals surface area contributed by atoms with Gasteiger partial charge in [0.1, 0.15) is 17.1 Å². The minimum atomic E-state index is -1.13. The fraction of sp³-hybridized carbons (Fsp3) is 0.571. The van der Waals surface area contributed by atoms with E-state index in [1.165, 1.54) is 11.6 Å². The number of carboxylic acid groups (broad SMARTS) is 1. The first-order valence-electron chi connectivity index (χ1n) is 9.44. The summed E-state index contributed by atoms with van der Waals surface area (Å²) in [6, 6.07) is 1.53. The average Bonchev–Trinajstić information content (AvgIpc) is 2.56. The zero-order chi connectivity index (χ0) is 19.0. The van der Waals surface area contributed by atoms with Crippen molar-refractivity contribution in [3.05, 3.63) is 34.4 Å². The molecule has 1 aliphatic carbocycles. The van der Waals surface area contributed by atoms with E-state index < -0.39 is 5.97 Å². The lowest BCUT2D eigenvalue weighted by atomic mass is 9.83. The van der Waals surface area contributed by atoms with Crippen LogP contribution < -0.4 is 0 Å². The summed E-state index contributed by atoms with van der Waals surface area (Å²) in [5.74, 6) is -1.51. The van der Waals surface area contributed by atoms with Crippen molar-refractivity contribution in [1.82, 2.24) is 0 Å².